The first-order valence-corrected chi connectivity index (χ1v) is 6.04. The summed E-state index contributed by atoms with van der Waals surface area (Å²) in [4.78, 5) is 3.97. The summed E-state index contributed by atoms with van der Waals surface area (Å²) in [5.41, 5.74) is 2.29. The molecule has 0 aliphatic carbocycles. The summed E-state index contributed by atoms with van der Waals surface area (Å²) in [7, 11) is -4.42. The number of nitrogens with zero attached hydrogens (tertiary/aromatic N) is 2. The van der Waals surface area contributed by atoms with Gasteiger partial charge >= 0.3 is 5.65 Å². The fraction of sp³-hybridized carbons (Fsp3) is 0.200. The third-order valence-electron chi connectivity index (χ3n) is 2.28. The van der Waals surface area contributed by atoms with E-state index in [9.17, 15) is 13.0 Å². The lowest BCUT2D eigenvalue weighted by Gasteiger charge is -2.06. The topological polar surface area (TPSA) is 74.2 Å². The molecule has 0 N–H and O–H groups in total. The standard InChI is InChI=1S/C10H10N2O3S/c1-7-5-8(2)12-6-9(16(13,14)15)3-4-10(12)11-7/h3-6H,1-2H3. The van der Waals surface area contributed by atoms with Crippen LogP contribution in [0.5, 0.6) is 0 Å². The van der Waals surface area contributed by atoms with E-state index >= 15 is 0 Å². The van der Waals surface area contributed by atoms with Gasteiger partial charge in [-0.2, -0.15) is 4.40 Å². The van der Waals surface area contributed by atoms with Gasteiger partial charge in [0.15, 0.2) is 5.69 Å². The molecule has 0 saturated carbocycles. The Morgan fingerprint density at radius 2 is 2.00 bits per heavy atom. The van der Waals surface area contributed by atoms with Gasteiger partial charge in [-0.3, -0.25) is 0 Å². The van der Waals surface area contributed by atoms with Crippen LogP contribution in [0.25, 0.3) is 5.65 Å². The van der Waals surface area contributed by atoms with E-state index in [1.807, 2.05) is 19.9 Å². The van der Waals surface area contributed by atoms with E-state index in [0.717, 1.165) is 11.4 Å². The maximum Gasteiger partial charge on any atom is 0.328 e. The van der Waals surface area contributed by atoms with Gasteiger partial charge in [-0.05, 0) is 18.0 Å². The highest BCUT2D eigenvalue weighted by atomic mass is 32.2. The number of aryl methyl sites for hydroxylation is 2. The average Bonchev–Trinajstić information content (AvgIpc) is 2.15. The molecule has 0 aliphatic heterocycles. The molecule has 5 nitrogen and oxygen atoms in total. The van der Waals surface area contributed by atoms with Crippen LogP contribution in [0.3, 0.4) is 0 Å². The van der Waals surface area contributed by atoms with E-state index in [4.69, 9.17) is 0 Å². The van der Waals surface area contributed by atoms with E-state index < -0.39 is 10.1 Å². The van der Waals surface area contributed by atoms with Crippen LogP contribution in [0, 0.1) is 13.8 Å². The highest BCUT2D eigenvalue weighted by Crippen LogP contribution is 2.07. The molecule has 0 saturated heterocycles. The van der Waals surface area contributed by atoms with Gasteiger partial charge in [0.2, 0.25) is 0 Å². The Hall–Kier alpha value is -1.53. The maximum absolute atomic E-state index is 10.9. The molecule has 0 spiro atoms. The number of hydrogen-bond acceptors (Lipinski definition) is 4. The van der Waals surface area contributed by atoms with Crippen LogP contribution < -0.4 is 4.40 Å². The number of pyridine rings is 1. The van der Waals surface area contributed by atoms with Crippen LogP contribution >= 0.6 is 0 Å². The van der Waals surface area contributed by atoms with Crippen LogP contribution in [0.1, 0.15) is 11.4 Å². The SMILES string of the molecule is Cc1cc(C)[n+]2cc(S(=O)(=O)[O-])ccc2n1. The van der Waals surface area contributed by atoms with Gasteiger partial charge in [0.1, 0.15) is 22.0 Å². The first kappa shape index (κ1) is 11.0. The summed E-state index contributed by atoms with van der Waals surface area (Å²) in [6.45, 7) is 3.67. The molecule has 2 heterocycles. The van der Waals surface area contributed by atoms with Crippen LogP contribution in [0.4, 0.5) is 0 Å². The minimum absolute atomic E-state index is 0.251. The fourth-order valence-electron chi connectivity index (χ4n) is 1.58. The molecule has 0 atom stereocenters. The lowest BCUT2D eigenvalue weighted by molar-refractivity contribution is -0.525. The van der Waals surface area contributed by atoms with Gasteiger partial charge in [-0.15, -0.1) is 0 Å². The fourth-order valence-corrected chi connectivity index (χ4v) is 2.05. The lowest BCUT2D eigenvalue weighted by atomic mass is 10.3. The van der Waals surface area contributed by atoms with E-state index in [-0.39, 0.29) is 4.90 Å². The average molecular weight is 238 g/mol. The normalized spacial score (nSPS) is 11.9. The molecule has 6 heteroatoms. The summed E-state index contributed by atoms with van der Waals surface area (Å²) in [5, 5.41) is 0. The zero-order chi connectivity index (χ0) is 11.9. The summed E-state index contributed by atoms with van der Waals surface area (Å²) in [6, 6.07) is 4.60. The predicted molar refractivity (Wildman–Crippen MR) is 54.8 cm³/mol. The van der Waals surface area contributed by atoms with Crippen molar-refractivity contribution in [2.45, 2.75) is 18.7 Å². The molecule has 0 radical (unpaired) electrons. The van der Waals surface area contributed by atoms with Crippen molar-refractivity contribution >= 4 is 15.8 Å². The number of hydrogen-bond donors (Lipinski definition) is 0. The molecule has 2 rings (SSSR count). The van der Waals surface area contributed by atoms with Crippen LogP contribution in [0.2, 0.25) is 0 Å². The Morgan fingerprint density at radius 3 is 2.62 bits per heavy atom. The van der Waals surface area contributed by atoms with Gasteiger partial charge in [0, 0.05) is 19.1 Å². The Bertz CT molecular complexity index is 665. The molecule has 0 aromatic carbocycles. The summed E-state index contributed by atoms with van der Waals surface area (Å²) < 4.78 is 34.2. The first-order valence-electron chi connectivity index (χ1n) is 4.63. The van der Waals surface area contributed by atoms with Crippen molar-refractivity contribution in [1.29, 1.82) is 0 Å². The Morgan fingerprint density at radius 1 is 1.31 bits per heavy atom. The third kappa shape index (κ3) is 1.89. The highest BCUT2D eigenvalue weighted by molar-refractivity contribution is 7.85. The lowest BCUT2D eigenvalue weighted by Crippen LogP contribution is -2.28. The minimum Gasteiger partial charge on any atom is -0.744 e. The van der Waals surface area contributed by atoms with Crippen LogP contribution in [-0.4, -0.2) is 18.0 Å². The zero-order valence-electron chi connectivity index (χ0n) is 8.84. The molecular formula is C10H10N2O3S. The molecule has 0 bridgehead atoms. The molecule has 0 fully saturated rings. The van der Waals surface area contributed by atoms with E-state index in [1.165, 1.54) is 18.3 Å². The van der Waals surface area contributed by atoms with Gasteiger partial charge in [-0.25, -0.2) is 8.42 Å². The second kappa shape index (κ2) is 3.50. The van der Waals surface area contributed by atoms with Gasteiger partial charge < -0.3 is 4.55 Å². The molecule has 0 unspecified atom stereocenters. The maximum atomic E-state index is 10.9. The van der Waals surface area contributed by atoms with E-state index in [1.54, 1.807) is 4.40 Å². The number of rotatable bonds is 1. The van der Waals surface area contributed by atoms with Crippen molar-refractivity contribution in [2.75, 3.05) is 0 Å². The molecule has 2 aromatic rings. The highest BCUT2D eigenvalue weighted by Gasteiger charge is 2.11. The summed E-state index contributed by atoms with van der Waals surface area (Å²) in [5.74, 6) is 0. The monoisotopic (exact) mass is 238 g/mol. The van der Waals surface area contributed by atoms with Crippen LogP contribution in [0.15, 0.2) is 29.3 Å². The summed E-state index contributed by atoms with van der Waals surface area (Å²) in [6.07, 6.45) is 1.29. The van der Waals surface area contributed by atoms with Crippen LogP contribution in [-0.2, 0) is 10.1 Å². The van der Waals surface area contributed by atoms with E-state index in [2.05, 4.69) is 4.98 Å². The Kier molecular flexibility index (Phi) is 2.40. The summed E-state index contributed by atoms with van der Waals surface area (Å²) >= 11 is 0. The van der Waals surface area contributed by atoms with Crippen molar-refractivity contribution in [1.82, 2.24) is 4.98 Å². The number of aromatic nitrogens is 2. The predicted octanol–water partition coefficient (Wildman–Crippen LogP) is 0.341. The Balaban J connectivity index is 2.82. The smallest absolute Gasteiger partial charge is 0.328 e. The second-order valence-corrected chi connectivity index (χ2v) is 4.97. The molecule has 0 amide bonds. The minimum atomic E-state index is -4.42. The molecule has 16 heavy (non-hydrogen) atoms. The molecular weight excluding hydrogens is 228 g/mol. The van der Waals surface area contributed by atoms with Gasteiger partial charge in [-0.1, -0.05) is 0 Å². The Labute approximate surface area is 93.1 Å². The van der Waals surface area contributed by atoms with Gasteiger partial charge in [0.25, 0.3) is 0 Å². The second-order valence-electron chi connectivity index (χ2n) is 3.59. The largest absolute Gasteiger partial charge is 0.744 e. The van der Waals surface area contributed by atoms with Crippen molar-refractivity contribution in [2.24, 2.45) is 0 Å². The van der Waals surface area contributed by atoms with Crippen molar-refractivity contribution in [3.63, 3.8) is 0 Å². The molecule has 0 aliphatic rings. The third-order valence-corrected chi connectivity index (χ3v) is 3.10. The zero-order valence-corrected chi connectivity index (χ0v) is 9.65. The molecule has 2 aromatic heterocycles. The first-order chi connectivity index (χ1) is 7.38. The van der Waals surface area contributed by atoms with Gasteiger partial charge in [0.05, 0.1) is 4.90 Å². The van der Waals surface area contributed by atoms with Crippen molar-refractivity contribution < 1.29 is 17.4 Å². The van der Waals surface area contributed by atoms with Crippen molar-refractivity contribution in [3.05, 3.63) is 35.8 Å². The van der Waals surface area contributed by atoms with Crippen molar-refractivity contribution in [3.8, 4) is 0 Å². The molecule has 84 valence electrons. The van der Waals surface area contributed by atoms with E-state index in [0.29, 0.717) is 5.65 Å². The number of fused-ring (bicyclic) bond motifs is 1. The quantitative estimate of drug-likeness (QED) is 0.530.